The van der Waals surface area contributed by atoms with Gasteiger partial charge in [-0.15, -0.1) is 0 Å². The Kier molecular flexibility index (Phi) is 5.54. The molecule has 3 aromatic rings. The fourth-order valence-corrected chi connectivity index (χ4v) is 2.92. The molecular weight excluding hydrogens is 345 g/mol. The van der Waals surface area contributed by atoms with Gasteiger partial charge in [0.05, 0.1) is 17.7 Å². The molecule has 0 bridgehead atoms. The van der Waals surface area contributed by atoms with Gasteiger partial charge in [-0.1, -0.05) is 6.07 Å². The summed E-state index contributed by atoms with van der Waals surface area (Å²) in [6.07, 6.45) is 4.91. The van der Waals surface area contributed by atoms with Crippen molar-refractivity contribution in [1.29, 1.82) is 0 Å². The molecule has 0 fully saturated rings. The molecule has 0 amide bonds. The van der Waals surface area contributed by atoms with E-state index >= 15 is 0 Å². The largest absolute Gasteiger partial charge is 0.352 e. The van der Waals surface area contributed by atoms with Gasteiger partial charge in [-0.3, -0.25) is 9.67 Å². The second kappa shape index (κ2) is 8.03. The number of rotatable bonds is 5. The van der Waals surface area contributed by atoms with Crippen LogP contribution in [0.5, 0.6) is 0 Å². The van der Waals surface area contributed by atoms with Gasteiger partial charge in [0.25, 0.3) is 0 Å². The summed E-state index contributed by atoms with van der Waals surface area (Å²) in [4.78, 5) is 8.17. The van der Waals surface area contributed by atoms with E-state index in [-0.39, 0.29) is 5.82 Å². The lowest BCUT2D eigenvalue weighted by molar-refractivity contribution is 0.615. The highest BCUT2D eigenvalue weighted by molar-refractivity contribution is 5.79. The summed E-state index contributed by atoms with van der Waals surface area (Å²) in [6, 6.07) is 5.14. The van der Waals surface area contributed by atoms with E-state index in [0.29, 0.717) is 24.7 Å². The maximum Gasteiger partial charge on any atom is 0.191 e. The predicted molar refractivity (Wildman–Crippen MR) is 103 cm³/mol. The Morgan fingerprint density at radius 3 is 2.59 bits per heavy atom. The normalized spacial score (nSPS) is 11.7. The minimum absolute atomic E-state index is 0.295. The zero-order chi connectivity index (χ0) is 19.4. The molecule has 8 heteroatoms. The Balaban J connectivity index is 1.60. The van der Waals surface area contributed by atoms with Crippen molar-refractivity contribution in [2.75, 3.05) is 7.05 Å². The molecule has 2 aromatic heterocycles. The van der Waals surface area contributed by atoms with Crippen LogP contribution < -0.4 is 10.6 Å². The number of nitrogens with zero attached hydrogens (tertiary/aromatic N) is 5. The molecule has 142 valence electrons. The number of aromatic nitrogens is 4. The van der Waals surface area contributed by atoms with Gasteiger partial charge in [0.15, 0.2) is 5.96 Å². The van der Waals surface area contributed by atoms with Gasteiger partial charge in [-0.05, 0) is 31.5 Å². The lowest BCUT2D eigenvalue weighted by Gasteiger charge is -2.13. The first kappa shape index (κ1) is 18.6. The van der Waals surface area contributed by atoms with E-state index in [1.165, 1.54) is 6.07 Å². The van der Waals surface area contributed by atoms with Crippen molar-refractivity contribution in [3.05, 3.63) is 65.3 Å². The summed E-state index contributed by atoms with van der Waals surface area (Å²) >= 11 is 0. The molecule has 0 atom stereocenters. The van der Waals surface area contributed by atoms with E-state index in [4.69, 9.17) is 0 Å². The van der Waals surface area contributed by atoms with Crippen molar-refractivity contribution >= 4 is 5.96 Å². The van der Waals surface area contributed by atoms with E-state index in [9.17, 15) is 4.39 Å². The average Bonchev–Trinajstić information content (AvgIpc) is 3.25. The number of aliphatic imine (C=N–C) groups is 1. The highest BCUT2D eigenvalue weighted by Crippen LogP contribution is 2.15. The zero-order valence-electron chi connectivity index (χ0n) is 16.0. The Hall–Kier alpha value is -3.16. The first-order valence-electron chi connectivity index (χ1n) is 8.70. The second-order valence-corrected chi connectivity index (χ2v) is 6.31. The molecule has 2 N–H and O–H groups in total. The minimum atomic E-state index is -0.295. The number of imidazole rings is 1. The Labute approximate surface area is 158 Å². The Morgan fingerprint density at radius 2 is 2.00 bits per heavy atom. The maximum absolute atomic E-state index is 14.3. The highest BCUT2D eigenvalue weighted by atomic mass is 19.1. The maximum atomic E-state index is 14.3. The molecular formula is C19H24FN7. The van der Waals surface area contributed by atoms with Gasteiger partial charge >= 0.3 is 0 Å². The molecule has 1 aromatic carbocycles. The summed E-state index contributed by atoms with van der Waals surface area (Å²) in [5.41, 5.74) is 4.56. The van der Waals surface area contributed by atoms with Crippen LogP contribution in [0.4, 0.5) is 4.39 Å². The van der Waals surface area contributed by atoms with Crippen LogP contribution in [-0.2, 0) is 20.1 Å². The summed E-state index contributed by atoms with van der Waals surface area (Å²) in [6.45, 7) is 5.12. The fourth-order valence-electron chi connectivity index (χ4n) is 2.92. The molecule has 7 nitrogen and oxygen atoms in total. The molecule has 0 spiro atoms. The number of guanidine groups is 1. The first-order valence-corrected chi connectivity index (χ1v) is 8.70. The number of nitrogens with one attached hydrogen (secondary N) is 2. The fraction of sp³-hybridized carbons (Fsp3) is 0.316. The van der Waals surface area contributed by atoms with E-state index in [2.05, 4.69) is 25.7 Å². The SMILES string of the molecule is CN=C(NCc1ccc(-n2ccnc2)c(F)c1)NCc1c(C)nn(C)c1C. The van der Waals surface area contributed by atoms with Gasteiger partial charge in [0.2, 0.25) is 0 Å². The monoisotopic (exact) mass is 369 g/mol. The van der Waals surface area contributed by atoms with Crippen molar-refractivity contribution in [1.82, 2.24) is 30.0 Å². The highest BCUT2D eigenvalue weighted by Gasteiger charge is 2.10. The Morgan fingerprint density at radius 1 is 1.22 bits per heavy atom. The standard InChI is InChI=1S/C19H24FN7/c1-13-16(14(2)26(4)25-13)11-24-19(21-3)23-10-15-5-6-18(17(20)9-15)27-8-7-22-12-27/h5-9,12H,10-11H2,1-4H3,(H2,21,23,24). The number of hydrogen-bond acceptors (Lipinski definition) is 3. The van der Waals surface area contributed by atoms with Gasteiger partial charge < -0.3 is 15.2 Å². The molecule has 0 unspecified atom stereocenters. The molecule has 27 heavy (non-hydrogen) atoms. The van der Waals surface area contributed by atoms with E-state index in [1.54, 1.807) is 36.4 Å². The van der Waals surface area contributed by atoms with Crippen LogP contribution in [0.3, 0.4) is 0 Å². The van der Waals surface area contributed by atoms with Crippen molar-refractivity contribution in [2.45, 2.75) is 26.9 Å². The Bertz CT molecular complexity index is 941. The van der Waals surface area contributed by atoms with Crippen LogP contribution in [0.25, 0.3) is 5.69 Å². The average molecular weight is 369 g/mol. The van der Waals surface area contributed by atoms with Gasteiger partial charge in [-0.25, -0.2) is 9.37 Å². The zero-order valence-corrected chi connectivity index (χ0v) is 16.0. The van der Waals surface area contributed by atoms with Crippen molar-refractivity contribution in [3.8, 4) is 5.69 Å². The van der Waals surface area contributed by atoms with Gasteiger partial charge in [0.1, 0.15) is 5.82 Å². The second-order valence-electron chi connectivity index (χ2n) is 6.31. The smallest absolute Gasteiger partial charge is 0.191 e. The van der Waals surface area contributed by atoms with E-state index < -0.39 is 0 Å². The minimum Gasteiger partial charge on any atom is -0.352 e. The summed E-state index contributed by atoms with van der Waals surface area (Å²) in [7, 11) is 3.64. The molecule has 2 heterocycles. The molecule has 0 saturated heterocycles. The molecule has 0 saturated carbocycles. The van der Waals surface area contributed by atoms with Crippen molar-refractivity contribution in [3.63, 3.8) is 0 Å². The third-order valence-electron chi connectivity index (χ3n) is 4.57. The van der Waals surface area contributed by atoms with Gasteiger partial charge in [-0.2, -0.15) is 5.10 Å². The van der Waals surface area contributed by atoms with Crippen molar-refractivity contribution < 1.29 is 4.39 Å². The molecule has 0 aliphatic carbocycles. The third-order valence-corrected chi connectivity index (χ3v) is 4.57. The van der Waals surface area contributed by atoms with Crippen LogP contribution >= 0.6 is 0 Å². The topological polar surface area (TPSA) is 72.1 Å². The molecule has 3 rings (SSSR count). The number of aryl methyl sites for hydroxylation is 2. The molecule has 0 aliphatic rings. The lowest BCUT2D eigenvalue weighted by atomic mass is 10.2. The summed E-state index contributed by atoms with van der Waals surface area (Å²) in [5, 5.41) is 10.9. The first-order chi connectivity index (χ1) is 13.0. The lowest BCUT2D eigenvalue weighted by Crippen LogP contribution is -2.36. The number of benzene rings is 1. The summed E-state index contributed by atoms with van der Waals surface area (Å²) < 4.78 is 17.9. The van der Waals surface area contributed by atoms with E-state index in [0.717, 1.165) is 22.5 Å². The van der Waals surface area contributed by atoms with Crippen LogP contribution in [0.1, 0.15) is 22.5 Å². The van der Waals surface area contributed by atoms with Crippen LogP contribution in [0.2, 0.25) is 0 Å². The van der Waals surface area contributed by atoms with Gasteiger partial charge in [0, 0.05) is 50.8 Å². The number of hydrogen-bond donors (Lipinski definition) is 2. The van der Waals surface area contributed by atoms with Crippen LogP contribution in [0, 0.1) is 19.7 Å². The summed E-state index contributed by atoms with van der Waals surface area (Å²) in [5.74, 6) is 0.355. The third kappa shape index (κ3) is 4.16. The predicted octanol–water partition coefficient (Wildman–Crippen LogP) is 2.23. The van der Waals surface area contributed by atoms with Crippen molar-refractivity contribution in [2.24, 2.45) is 12.0 Å². The van der Waals surface area contributed by atoms with Crippen LogP contribution in [-0.4, -0.2) is 32.3 Å². The number of halogens is 1. The molecule has 0 radical (unpaired) electrons. The van der Waals surface area contributed by atoms with E-state index in [1.807, 2.05) is 31.6 Å². The molecule has 0 aliphatic heterocycles. The quantitative estimate of drug-likeness (QED) is 0.534. The van der Waals surface area contributed by atoms with Crippen LogP contribution in [0.15, 0.2) is 41.9 Å².